The molecule has 9 atom stereocenters. The van der Waals surface area contributed by atoms with Gasteiger partial charge in [-0.1, -0.05) is 0 Å². The average Bonchev–Trinajstić information content (AvgIpc) is 2.57. The lowest BCUT2D eigenvalue weighted by molar-refractivity contribution is -0.322. The first-order chi connectivity index (χ1) is 10.8. The molecule has 138 valence electrons. The minimum absolute atomic E-state index is 0.691. The van der Waals surface area contributed by atoms with Crippen molar-refractivity contribution in [3.05, 3.63) is 0 Å². The van der Waals surface area contributed by atoms with Gasteiger partial charge in [0.15, 0.2) is 6.29 Å². The lowest BCUT2D eigenvalue weighted by atomic mass is 9.99. The molecule has 1 fully saturated rings. The van der Waals surface area contributed by atoms with Crippen LogP contribution in [0.5, 0.6) is 0 Å². The summed E-state index contributed by atoms with van der Waals surface area (Å²) < 4.78 is 10.1. The summed E-state index contributed by atoms with van der Waals surface area (Å²) in [6, 6.07) is 0. The van der Waals surface area contributed by atoms with E-state index in [1.54, 1.807) is 0 Å². The van der Waals surface area contributed by atoms with Crippen LogP contribution in [0.1, 0.15) is 0 Å². The van der Waals surface area contributed by atoms with E-state index >= 15 is 0 Å². The molecule has 0 spiro atoms. The van der Waals surface area contributed by atoms with E-state index in [0.717, 1.165) is 0 Å². The molecule has 0 aromatic rings. The number of ether oxygens (including phenoxy) is 2. The SMILES string of the molecule is OC[C@@H](O)[C@@H](O)[C@H](O)[C@H](CO)O[C@H]1O[C@H](CO)[C@@H](O)[C@H](O)[C@H]1O. The van der Waals surface area contributed by atoms with Gasteiger partial charge in [0.25, 0.3) is 0 Å². The Morgan fingerprint density at radius 2 is 1.43 bits per heavy atom. The standard InChI is InChI=1S/C12H24O11/c13-1-4(16)7(17)8(18)5(2-14)22-12-11(21)10(20)9(19)6(3-15)23-12/h4-21H,1-3H2/t4-,5+,6-,7-,8-,9-,10+,11-,12+/m1/s1. The zero-order valence-corrected chi connectivity index (χ0v) is 12.2. The van der Waals surface area contributed by atoms with Crippen LogP contribution in [0.4, 0.5) is 0 Å². The van der Waals surface area contributed by atoms with Crippen molar-refractivity contribution in [1.29, 1.82) is 0 Å². The van der Waals surface area contributed by atoms with E-state index in [4.69, 9.17) is 19.7 Å². The fourth-order valence-corrected chi connectivity index (χ4v) is 2.14. The third kappa shape index (κ3) is 4.78. The maximum atomic E-state index is 9.83. The molecule has 0 amide bonds. The van der Waals surface area contributed by atoms with Crippen LogP contribution in [0.25, 0.3) is 0 Å². The molecule has 0 radical (unpaired) electrons. The second kappa shape index (κ2) is 9.15. The smallest absolute Gasteiger partial charge is 0.187 e. The number of hydrogen-bond acceptors (Lipinski definition) is 11. The normalized spacial score (nSPS) is 37.2. The summed E-state index contributed by atoms with van der Waals surface area (Å²) in [5.41, 5.74) is 0. The van der Waals surface area contributed by atoms with Crippen molar-refractivity contribution in [2.24, 2.45) is 0 Å². The van der Waals surface area contributed by atoms with Crippen LogP contribution >= 0.6 is 0 Å². The molecular weight excluding hydrogens is 320 g/mol. The number of rotatable bonds is 8. The van der Waals surface area contributed by atoms with E-state index in [2.05, 4.69) is 0 Å². The first-order valence-corrected chi connectivity index (χ1v) is 7.00. The maximum Gasteiger partial charge on any atom is 0.187 e. The summed E-state index contributed by atoms with van der Waals surface area (Å²) >= 11 is 0. The highest BCUT2D eigenvalue weighted by atomic mass is 16.7. The van der Waals surface area contributed by atoms with Crippen molar-refractivity contribution in [3.63, 3.8) is 0 Å². The van der Waals surface area contributed by atoms with Crippen LogP contribution in [0.3, 0.4) is 0 Å². The van der Waals surface area contributed by atoms with Crippen LogP contribution in [-0.2, 0) is 9.47 Å². The zero-order valence-electron chi connectivity index (χ0n) is 12.2. The summed E-state index contributed by atoms with van der Waals surface area (Å²) in [4.78, 5) is 0. The molecule has 23 heavy (non-hydrogen) atoms. The lowest BCUT2D eigenvalue weighted by Gasteiger charge is -2.41. The fraction of sp³-hybridized carbons (Fsp3) is 1.00. The molecule has 0 aromatic heterocycles. The zero-order chi connectivity index (χ0) is 17.7. The molecule has 11 heteroatoms. The van der Waals surface area contributed by atoms with Gasteiger partial charge in [0.2, 0.25) is 0 Å². The highest BCUT2D eigenvalue weighted by Gasteiger charge is 2.46. The largest absolute Gasteiger partial charge is 0.394 e. The van der Waals surface area contributed by atoms with E-state index in [9.17, 15) is 35.7 Å². The van der Waals surface area contributed by atoms with Crippen LogP contribution in [0, 0.1) is 0 Å². The molecule has 0 unspecified atom stereocenters. The van der Waals surface area contributed by atoms with Crippen molar-refractivity contribution in [3.8, 4) is 0 Å². The Bertz CT molecular complexity index is 341. The van der Waals surface area contributed by atoms with Gasteiger partial charge >= 0.3 is 0 Å². The van der Waals surface area contributed by atoms with Crippen molar-refractivity contribution in [2.75, 3.05) is 19.8 Å². The molecule has 11 nitrogen and oxygen atoms in total. The van der Waals surface area contributed by atoms with Crippen molar-refractivity contribution in [2.45, 2.75) is 55.1 Å². The number of aliphatic hydroxyl groups is 9. The highest BCUT2D eigenvalue weighted by molar-refractivity contribution is 4.90. The molecule has 1 aliphatic heterocycles. The van der Waals surface area contributed by atoms with Gasteiger partial charge in [0.05, 0.1) is 19.8 Å². The molecule has 0 aromatic carbocycles. The Morgan fingerprint density at radius 1 is 0.826 bits per heavy atom. The topological polar surface area (TPSA) is 201 Å². The Hall–Kier alpha value is -0.440. The summed E-state index contributed by atoms with van der Waals surface area (Å²) in [5.74, 6) is 0. The van der Waals surface area contributed by atoms with Crippen molar-refractivity contribution >= 4 is 0 Å². The van der Waals surface area contributed by atoms with Gasteiger partial charge in [-0.3, -0.25) is 0 Å². The molecular formula is C12H24O11. The number of hydrogen-bond donors (Lipinski definition) is 9. The third-order valence-electron chi connectivity index (χ3n) is 3.65. The molecule has 0 saturated carbocycles. The minimum Gasteiger partial charge on any atom is -0.394 e. The Kier molecular flexibility index (Phi) is 8.20. The van der Waals surface area contributed by atoms with Crippen LogP contribution in [0.2, 0.25) is 0 Å². The summed E-state index contributed by atoms with van der Waals surface area (Å²) in [6.07, 6.45) is -14.9. The molecule has 9 N–H and O–H groups in total. The van der Waals surface area contributed by atoms with E-state index in [1.165, 1.54) is 0 Å². The van der Waals surface area contributed by atoms with Gasteiger partial charge in [-0.05, 0) is 0 Å². The fourth-order valence-electron chi connectivity index (χ4n) is 2.14. The van der Waals surface area contributed by atoms with Gasteiger partial charge in [-0.25, -0.2) is 0 Å². The molecule has 0 aliphatic carbocycles. The Morgan fingerprint density at radius 3 is 1.91 bits per heavy atom. The molecule has 1 aliphatic rings. The van der Waals surface area contributed by atoms with Gasteiger partial charge < -0.3 is 55.4 Å². The lowest BCUT2D eigenvalue weighted by Crippen LogP contribution is -2.61. The molecule has 1 heterocycles. The first-order valence-electron chi connectivity index (χ1n) is 7.00. The van der Waals surface area contributed by atoms with Gasteiger partial charge in [-0.15, -0.1) is 0 Å². The van der Waals surface area contributed by atoms with E-state index in [0.29, 0.717) is 0 Å². The van der Waals surface area contributed by atoms with Gasteiger partial charge in [-0.2, -0.15) is 0 Å². The average molecular weight is 344 g/mol. The molecule has 1 rings (SSSR count). The third-order valence-corrected chi connectivity index (χ3v) is 3.65. The molecule has 1 saturated heterocycles. The predicted octanol–water partition coefficient (Wildman–Crippen LogP) is -5.76. The van der Waals surface area contributed by atoms with Crippen LogP contribution in [-0.4, -0.2) is 121 Å². The van der Waals surface area contributed by atoms with E-state index in [1.807, 2.05) is 0 Å². The quantitative estimate of drug-likeness (QED) is 0.203. The second-order valence-electron chi connectivity index (χ2n) is 5.29. The van der Waals surface area contributed by atoms with Crippen LogP contribution in [0.15, 0.2) is 0 Å². The first kappa shape index (κ1) is 20.6. The summed E-state index contributed by atoms with van der Waals surface area (Å²) in [6.45, 7) is -2.40. The van der Waals surface area contributed by atoms with Crippen molar-refractivity contribution in [1.82, 2.24) is 0 Å². The minimum atomic E-state index is -1.86. The van der Waals surface area contributed by atoms with Gasteiger partial charge in [0, 0.05) is 0 Å². The van der Waals surface area contributed by atoms with E-state index in [-0.39, 0.29) is 0 Å². The Balaban J connectivity index is 2.77. The van der Waals surface area contributed by atoms with Crippen LogP contribution < -0.4 is 0 Å². The van der Waals surface area contributed by atoms with Crippen molar-refractivity contribution < 1.29 is 55.4 Å². The predicted molar refractivity (Wildman–Crippen MR) is 70.8 cm³/mol. The monoisotopic (exact) mass is 344 g/mol. The van der Waals surface area contributed by atoms with Gasteiger partial charge in [0.1, 0.15) is 48.8 Å². The maximum absolute atomic E-state index is 9.83. The summed E-state index contributed by atoms with van der Waals surface area (Å²) in [7, 11) is 0. The second-order valence-corrected chi connectivity index (χ2v) is 5.29. The highest BCUT2D eigenvalue weighted by Crippen LogP contribution is 2.24. The number of aliphatic hydroxyl groups excluding tert-OH is 9. The molecule has 0 bridgehead atoms. The Labute approximate surface area is 131 Å². The summed E-state index contributed by atoms with van der Waals surface area (Å²) in [5, 5.41) is 84.7. The van der Waals surface area contributed by atoms with E-state index < -0.39 is 74.9 Å².